The molecule has 1 atom stereocenters. The molecule has 90 valence electrons. The van der Waals surface area contributed by atoms with E-state index < -0.39 is 5.97 Å². The maximum atomic E-state index is 11.7. The predicted octanol–water partition coefficient (Wildman–Crippen LogP) is 1.54. The Morgan fingerprint density at radius 1 is 1.56 bits per heavy atom. The lowest BCUT2D eigenvalue weighted by Gasteiger charge is -2.23. The van der Waals surface area contributed by atoms with E-state index in [2.05, 4.69) is 27.8 Å². The Morgan fingerprint density at radius 3 is 2.81 bits per heavy atom. The molecule has 0 aliphatic carbocycles. The molecule has 16 heavy (non-hydrogen) atoms. The van der Waals surface area contributed by atoms with Crippen molar-refractivity contribution >= 4 is 27.9 Å². The average molecular weight is 291 g/mol. The van der Waals surface area contributed by atoms with Gasteiger partial charge < -0.3 is 15.3 Å². The number of carbonyl (C=O) groups is 2. The van der Waals surface area contributed by atoms with Gasteiger partial charge in [-0.1, -0.05) is 22.5 Å². The van der Waals surface area contributed by atoms with Crippen LogP contribution in [0.15, 0.2) is 11.1 Å². The average Bonchev–Trinajstić information content (AvgIpc) is 2.61. The van der Waals surface area contributed by atoms with Crippen LogP contribution in [-0.4, -0.2) is 41.1 Å². The van der Waals surface area contributed by atoms with Crippen LogP contribution in [-0.2, 0) is 4.79 Å². The summed E-state index contributed by atoms with van der Waals surface area (Å²) in [4.78, 5) is 23.9. The van der Waals surface area contributed by atoms with Crippen LogP contribution in [0.3, 0.4) is 0 Å². The van der Waals surface area contributed by atoms with Crippen LogP contribution in [0.2, 0.25) is 0 Å². The van der Waals surface area contributed by atoms with Gasteiger partial charge in [-0.3, -0.25) is 4.79 Å². The van der Waals surface area contributed by atoms with Crippen LogP contribution >= 0.6 is 15.9 Å². The SMILES string of the molecule is C=C(Br)CNC(=O)N1CCCC1CC(=O)O. The van der Waals surface area contributed by atoms with Crippen LogP contribution in [0.1, 0.15) is 19.3 Å². The van der Waals surface area contributed by atoms with Gasteiger partial charge in [-0.2, -0.15) is 0 Å². The zero-order chi connectivity index (χ0) is 12.1. The number of rotatable bonds is 4. The van der Waals surface area contributed by atoms with Gasteiger partial charge in [-0.25, -0.2) is 4.79 Å². The van der Waals surface area contributed by atoms with Gasteiger partial charge in [0, 0.05) is 17.1 Å². The van der Waals surface area contributed by atoms with E-state index in [9.17, 15) is 9.59 Å². The second-order valence-corrected chi connectivity index (χ2v) is 4.88. The fourth-order valence-corrected chi connectivity index (χ4v) is 1.93. The molecule has 0 aromatic carbocycles. The van der Waals surface area contributed by atoms with Gasteiger partial charge >= 0.3 is 12.0 Å². The van der Waals surface area contributed by atoms with E-state index in [0.717, 1.165) is 12.8 Å². The minimum Gasteiger partial charge on any atom is -0.481 e. The molecule has 0 bridgehead atoms. The molecular weight excluding hydrogens is 276 g/mol. The second kappa shape index (κ2) is 5.89. The van der Waals surface area contributed by atoms with E-state index in [1.165, 1.54) is 0 Å². The third kappa shape index (κ3) is 3.84. The molecule has 2 amide bonds. The van der Waals surface area contributed by atoms with Crippen molar-refractivity contribution in [3.05, 3.63) is 11.1 Å². The molecule has 1 fully saturated rings. The molecular formula is C10H15BrN2O3. The monoisotopic (exact) mass is 290 g/mol. The number of likely N-dealkylation sites (tertiary alicyclic amines) is 1. The first-order valence-corrected chi connectivity index (χ1v) is 5.89. The smallest absolute Gasteiger partial charge is 0.317 e. The molecule has 0 aromatic rings. The first kappa shape index (κ1) is 13.0. The van der Waals surface area contributed by atoms with Gasteiger partial charge in [0.1, 0.15) is 0 Å². The van der Waals surface area contributed by atoms with Crippen molar-refractivity contribution in [1.82, 2.24) is 10.2 Å². The summed E-state index contributed by atoms with van der Waals surface area (Å²) in [6.07, 6.45) is 1.64. The minimum absolute atomic E-state index is 0.0165. The molecule has 6 heteroatoms. The molecule has 1 aliphatic heterocycles. The van der Waals surface area contributed by atoms with Crippen molar-refractivity contribution in [2.75, 3.05) is 13.1 Å². The zero-order valence-electron chi connectivity index (χ0n) is 8.91. The van der Waals surface area contributed by atoms with Crippen molar-refractivity contribution in [2.45, 2.75) is 25.3 Å². The maximum absolute atomic E-state index is 11.7. The first-order valence-electron chi connectivity index (χ1n) is 5.10. The largest absolute Gasteiger partial charge is 0.481 e. The van der Waals surface area contributed by atoms with Gasteiger partial charge in [-0.15, -0.1) is 0 Å². The number of hydrogen-bond donors (Lipinski definition) is 2. The molecule has 1 heterocycles. The lowest BCUT2D eigenvalue weighted by atomic mass is 10.1. The summed E-state index contributed by atoms with van der Waals surface area (Å²) in [5.41, 5.74) is 0. The van der Waals surface area contributed by atoms with Crippen LogP contribution in [0, 0.1) is 0 Å². The Hall–Kier alpha value is -1.04. The molecule has 2 N–H and O–H groups in total. The fourth-order valence-electron chi connectivity index (χ4n) is 1.79. The maximum Gasteiger partial charge on any atom is 0.317 e. The standard InChI is InChI=1S/C10H15BrN2O3/c1-7(11)6-12-10(16)13-4-2-3-8(13)5-9(14)15/h8H,1-6H2,(H,12,16)(H,14,15). The summed E-state index contributed by atoms with van der Waals surface area (Å²) in [6.45, 7) is 4.59. The van der Waals surface area contributed by atoms with E-state index in [0.29, 0.717) is 17.6 Å². The number of amides is 2. The number of nitrogens with zero attached hydrogens (tertiary/aromatic N) is 1. The summed E-state index contributed by atoms with van der Waals surface area (Å²) in [7, 11) is 0. The van der Waals surface area contributed by atoms with E-state index in [1.54, 1.807) is 4.90 Å². The van der Waals surface area contributed by atoms with Crippen LogP contribution in [0.5, 0.6) is 0 Å². The van der Waals surface area contributed by atoms with Crippen LogP contribution < -0.4 is 5.32 Å². The zero-order valence-corrected chi connectivity index (χ0v) is 10.5. The highest BCUT2D eigenvalue weighted by atomic mass is 79.9. The van der Waals surface area contributed by atoms with Gasteiger partial charge in [0.2, 0.25) is 0 Å². The number of carbonyl (C=O) groups excluding carboxylic acids is 1. The molecule has 1 aliphatic rings. The van der Waals surface area contributed by atoms with Crippen molar-refractivity contribution in [3.8, 4) is 0 Å². The molecule has 0 radical (unpaired) electrons. The Bertz CT molecular complexity index is 306. The Morgan fingerprint density at radius 2 is 2.25 bits per heavy atom. The van der Waals surface area contributed by atoms with Crippen molar-refractivity contribution in [2.24, 2.45) is 0 Å². The number of carboxylic acids is 1. The predicted molar refractivity (Wildman–Crippen MR) is 63.4 cm³/mol. The van der Waals surface area contributed by atoms with E-state index in [1.807, 2.05) is 0 Å². The number of urea groups is 1. The van der Waals surface area contributed by atoms with Gasteiger partial charge in [0.05, 0.1) is 13.0 Å². The second-order valence-electron chi connectivity index (χ2n) is 3.76. The topological polar surface area (TPSA) is 69.6 Å². The molecule has 1 saturated heterocycles. The van der Waals surface area contributed by atoms with Crippen LogP contribution in [0.4, 0.5) is 4.79 Å². The van der Waals surface area contributed by atoms with E-state index in [-0.39, 0.29) is 18.5 Å². The van der Waals surface area contributed by atoms with Gasteiger partial charge in [0.15, 0.2) is 0 Å². The number of carboxylic acid groups (broad SMARTS) is 1. The quantitative estimate of drug-likeness (QED) is 0.825. The summed E-state index contributed by atoms with van der Waals surface area (Å²) in [6, 6.07) is -0.398. The van der Waals surface area contributed by atoms with Gasteiger partial charge in [-0.05, 0) is 12.8 Å². The summed E-state index contributed by atoms with van der Waals surface area (Å²) in [5.74, 6) is -0.866. The van der Waals surface area contributed by atoms with Gasteiger partial charge in [0.25, 0.3) is 0 Å². The Balaban J connectivity index is 2.47. The molecule has 0 saturated carbocycles. The molecule has 5 nitrogen and oxygen atoms in total. The van der Waals surface area contributed by atoms with E-state index >= 15 is 0 Å². The molecule has 1 rings (SSSR count). The Labute approximate surface area is 103 Å². The summed E-state index contributed by atoms with van der Waals surface area (Å²) >= 11 is 3.15. The summed E-state index contributed by atoms with van der Waals surface area (Å²) in [5, 5.41) is 11.4. The highest BCUT2D eigenvalue weighted by molar-refractivity contribution is 9.11. The third-order valence-corrected chi connectivity index (χ3v) is 2.76. The number of nitrogens with one attached hydrogen (secondary N) is 1. The lowest BCUT2D eigenvalue weighted by molar-refractivity contribution is -0.137. The first-order chi connectivity index (χ1) is 7.50. The van der Waals surface area contributed by atoms with Crippen molar-refractivity contribution < 1.29 is 14.7 Å². The highest BCUT2D eigenvalue weighted by Crippen LogP contribution is 2.20. The minimum atomic E-state index is -0.866. The van der Waals surface area contributed by atoms with Crippen molar-refractivity contribution in [3.63, 3.8) is 0 Å². The van der Waals surface area contributed by atoms with E-state index in [4.69, 9.17) is 5.11 Å². The summed E-state index contributed by atoms with van der Waals surface area (Å²) < 4.78 is 0.690. The normalized spacial score (nSPS) is 19.6. The molecule has 0 aromatic heterocycles. The fraction of sp³-hybridized carbons (Fsp3) is 0.600. The Kier molecular flexibility index (Phi) is 4.79. The van der Waals surface area contributed by atoms with Crippen LogP contribution in [0.25, 0.3) is 0 Å². The molecule has 1 unspecified atom stereocenters. The van der Waals surface area contributed by atoms with Crippen molar-refractivity contribution in [1.29, 1.82) is 0 Å². The lowest BCUT2D eigenvalue weighted by Crippen LogP contribution is -2.43. The number of hydrogen-bond acceptors (Lipinski definition) is 2. The highest BCUT2D eigenvalue weighted by Gasteiger charge is 2.30. The number of halogens is 1. The molecule has 0 spiro atoms. The number of aliphatic carboxylic acids is 1. The third-order valence-electron chi connectivity index (χ3n) is 2.48.